The summed E-state index contributed by atoms with van der Waals surface area (Å²) in [5, 5.41) is 0.162. The summed E-state index contributed by atoms with van der Waals surface area (Å²) in [6, 6.07) is 5.19. The molecular weight excluding hydrogens is 314 g/mol. The van der Waals surface area contributed by atoms with Crippen LogP contribution in [0.25, 0.3) is 11.1 Å². The van der Waals surface area contributed by atoms with Gasteiger partial charge in [-0.1, -0.05) is 22.0 Å². The van der Waals surface area contributed by atoms with Crippen LogP contribution in [-0.2, 0) is 16.0 Å². The second-order valence-electron chi connectivity index (χ2n) is 3.86. The molecule has 1 aromatic heterocycles. The van der Waals surface area contributed by atoms with E-state index in [4.69, 9.17) is 9.15 Å². The third kappa shape index (κ3) is 3.20. The Labute approximate surface area is 118 Å². The van der Waals surface area contributed by atoms with Gasteiger partial charge in [0.1, 0.15) is 5.52 Å². The van der Waals surface area contributed by atoms with Crippen LogP contribution in [0.2, 0.25) is 0 Å². The van der Waals surface area contributed by atoms with Crippen molar-refractivity contribution in [1.29, 1.82) is 0 Å². The summed E-state index contributed by atoms with van der Waals surface area (Å²) in [4.78, 5) is 26.9. The molecule has 0 saturated heterocycles. The molecule has 0 bridgehead atoms. The molecular formula is C13H12BrNO4. The van der Waals surface area contributed by atoms with Crippen molar-refractivity contribution in [2.24, 2.45) is 0 Å². The molecule has 0 radical (unpaired) electrons. The first-order valence-electron chi connectivity index (χ1n) is 5.78. The Balaban J connectivity index is 2.25. The lowest BCUT2D eigenvalue weighted by molar-refractivity contribution is -0.142. The van der Waals surface area contributed by atoms with Gasteiger partial charge in [-0.3, -0.25) is 9.59 Å². The van der Waals surface area contributed by atoms with Crippen LogP contribution in [0.15, 0.2) is 22.6 Å². The minimum absolute atomic E-state index is 0.0696. The minimum Gasteiger partial charge on any atom is -0.466 e. The van der Waals surface area contributed by atoms with Crippen LogP contribution in [0.1, 0.15) is 23.2 Å². The highest BCUT2D eigenvalue weighted by molar-refractivity contribution is 9.09. The number of rotatable bonds is 5. The van der Waals surface area contributed by atoms with Gasteiger partial charge in [-0.25, -0.2) is 4.98 Å². The highest BCUT2D eigenvalue weighted by atomic mass is 79.9. The van der Waals surface area contributed by atoms with E-state index >= 15 is 0 Å². The molecule has 1 heterocycles. The molecule has 1 aromatic carbocycles. The zero-order chi connectivity index (χ0) is 13.8. The highest BCUT2D eigenvalue weighted by Crippen LogP contribution is 2.18. The van der Waals surface area contributed by atoms with E-state index in [1.807, 2.05) is 0 Å². The van der Waals surface area contributed by atoms with E-state index in [9.17, 15) is 9.59 Å². The van der Waals surface area contributed by atoms with E-state index in [1.165, 1.54) is 0 Å². The number of benzene rings is 1. The van der Waals surface area contributed by atoms with Crippen LogP contribution in [0.5, 0.6) is 0 Å². The number of aromatic nitrogens is 1. The van der Waals surface area contributed by atoms with Gasteiger partial charge in [0.05, 0.1) is 18.4 Å². The van der Waals surface area contributed by atoms with Crippen LogP contribution in [0.4, 0.5) is 0 Å². The molecule has 0 unspecified atom stereocenters. The first kappa shape index (κ1) is 13.7. The number of alkyl halides is 1. The van der Waals surface area contributed by atoms with Crippen molar-refractivity contribution in [1.82, 2.24) is 4.98 Å². The van der Waals surface area contributed by atoms with Crippen molar-refractivity contribution < 1.29 is 18.7 Å². The Morgan fingerprint density at radius 2 is 2.21 bits per heavy atom. The van der Waals surface area contributed by atoms with Crippen molar-refractivity contribution in [3.05, 3.63) is 29.7 Å². The van der Waals surface area contributed by atoms with Gasteiger partial charge in [-0.05, 0) is 24.6 Å². The fraction of sp³-hybridized carbons (Fsp3) is 0.308. The van der Waals surface area contributed by atoms with Gasteiger partial charge in [0, 0.05) is 0 Å². The molecule has 0 aliphatic rings. The molecule has 2 rings (SSSR count). The monoisotopic (exact) mass is 325 g/mol. The number of oxazole rings is 1. The number of carbonyl (C=O) groups excluding carboxylic acids is 2. The molecule has 0 aliphatic heterocycles. The van der Waals surface area contributed by atoms with Gasteiger partial charge < -0.3 is 9.15 Å². The Bertz CT molecular complexity index is 620. The fourth-order valence-corrected chi connectivity index (χ4v) is 1.87. The van der Waals surface area contributed by atoms with Gasteiger partial charge in [-0.15, -0.1) is 0 Å². The van der Waals surface area contributed by atoms with Gasteiger partial charge in [0.25, 0.3) is 5.89 Å². The zero-order valence-electron chi connectivity index (χ0n) is 10.3. The first-order valence-corrected chi connectivity index (χ1v) is 6.90. The molecule has 0 amide bonds. The maximum atomic E-state index is 11.5. The van der Waals surface area contributed by atoms with Crippen molar-refractivity contribution in [2.45, 2.75) is 13.3 Å². The van der Waals surface area contributed by atoms with Gasteiger partial charge >= 0.3 is 5.97 Å². The normalized spacial score (nSPS) is 10.6. The van der Waals surface area contributed by atoms with Crippen molar-refractivity contribution in [3.8, 4) is 0 Å². The number of carbonyl (C=O) groups is 2. The third-order valence-corrected chi connectivity index (χ3v) is 2.98. The van der Waals surface area contributed by atoms with Crippen LogP contribution >= 0.6 is 15.9 Å². The van der Waals surface area contributed by atoms with Gasteiger partial charge in [-0.2, -0.15) is 0 Å². The lowest BCUT2D eigenvalue weighted by atomic mass is 10.1. The molecule has 5 nitrogen and oxygen atoms in total. The SMILES string of the molecule is CCOC(=O)Cc1ccc2nc(C(=O)CBr)oc2c1. The molecule has 0 fully saturated rings. The van der Waals surface area contributed by atoms with Crippen molar-refractivity contribution in [2.75, 3.05) is 11.9 Å². The number of nitrogens with zero attached hydrogens (tertiary/aromatic N) is 1. The Morgan fingerprint density at radius 3 is 2.89 bits per heavy atom. The maximum absolute atomic E-state index is 11.5. The number of hydrogen-bond donors (Lipinski definition) is 0. The maximum Gasteiger partial charge on any atom is 0.310 e. The van der Waals surface area contributed by atoms with E-state index in [0.717, 1.165) is 5.56 Å². The molecule has 0 aliphatic carbocycles. The standard InChI is InChI=1S/C13H12BrNO4/c1-2-18-12(17)6-8-3-4-9-11(5-8)19-13(15-9)10(16)7-14/h3-5H,2,6-7H2,1H3. The highest BCUT2D eigenvalue weighted by Gasteiger charge is 2.14. The van der Waals surface area contributed by atoms with E-state index < -0.39 is 0 Å². The molecule has 0 spiro atoms. The summed E-state index contributed by atoms with van der Waals surface area (Å²) in [6.45, 7) is 2.11. The van der Waals surface area contributed by atoms with Crippen LogP contribution in [0.3, 0.4) is 0 Å². The lowest BCUT2D eigenvalue weighted by Gasteiger charge is -2.01. The molecule has 19 heavy (non-hydrogen) atoms. The van der Waals surface area contributed by atoms with Crippen LogP contribution in [-0.4, -0.2) is 28.7 Å². The lowest BCUT2D eigenvalue weighted by Crippen LogP contribution is -2.07. The Hall–Kier alpha value is -1.69. The first-order chi connectivity index (χ1) is 9.13. The average molecular weight is 326 g/mol. The molecule has 100 valence electrons. The van der Waals surface area contributed by atoms with E-state index in [0.29, 0.717) is 17.7 Å². The number of fused-ring (bicyclic) bond motifs is 1. The zero-order valence-corrected chi connectivity index (χ0v) is 11.9. The van der Waals surface area contributed by atoms with Crippen molar-refractivity contribution in [3.63, 3.8) is 0 Å². The topological polar surface area (TPSA) is 69.4 Å². The summed E-state index contributed by atoms with van der Waals surface area (Å²) < 4.78 is 10.2. The number of esters is 1. The number of ether oxygens (including phenoxy) is 1. The smallest absolute Gasteiger partial charge is 0.310 e. The summed E-state index contributed by atoms with van der Waals surface area (Å²) in [6.07, 6.45) is 0.173. The average Bonchev–Trinajstić information content (AvgIpc) is 2.81. The number of halogens is 1. The molecule has 0 atom stereocenters. The third-order valence-electron chi connectivity index (χ3n) is 2.47. The summed E-state index contributed by atoms with van der Waals surface area (Å²) in [7, 11) is 0. The van der Waals surface area contributed by atoms with Crippen LogP contribution < -0.4 is 0 Å². The number of ketones is 1. The Morgan fingerprint density at radius 1 is 1.42 bits per heavy atom. The van der Waals surface area contributed by atoms with Gasteiger partial charge in [0.15, 0.2) is 5.58 Å². The summed E-state index contributed by atoms with van der Waals surface area (Å²) in [5.74, 6) is -0.443. The Kier molecular flexibility index (Phi) is 4.31. The van der Waals surface area contributed by atoms with Crippen LogP contribution in [0, 0.1) is 0 Å². The molecule has 0 N–H and O–H groups in total. The van der Waals surface area contributed by atoms with E-state index in [1.54, 1.807) is 25.1 Å². The number of hydrogen-bond acceptors (Lipinski definition) is 5. The predicted molar refractivity (Wildman–Crippen MR) is 72.5 cm³/mol. The fourth-order valence-electron chi connectivity index (χ4n) is 1.63. The minimum atomic E-state index is -0.293. The predicted octanol–water partition coefficient (Wildman–Crippen LogP) is 2.51. The largest absolute Gasteiger partial charge is 0.466 e. The van der Waals surface area contributed by atoms with E-state index in [2.05, 4.69) is 20.9 Å². The van der Waals surface area contributed by atoms with Gasteiger partial charge in [0.2, 0.25) is 5.78 Å². The summed E-state index contributed by atoms with van der Waals surface area (Å²) >= 11 is 3.06. The molecule has 2 aromatic rings. The van der Waals surface area contributed by atoms with E-state index in [-0.39, 0.29) is 29.4 Å². The second-order valence-corrected chi connectivity index (χ2v) is 4.42. The summed E-state index contributed by atoms with van der Waals surface area (Å²) in [5.41, 5.74) is 1.85. The quantitative estimate of drug-likeness (QED) is 0.480. The molecule has 6 heteroatoms. The van der Waals surface area contributed by atoms with Crippen molar-refractivity contribution >= 4 is 38.8 Å². The number of Topliss-reactive ketones (excluding diaryl/α,β-unsaturated/α-hetero) is 1. The second kappa shape index (κ2) is 5.97. The molecule has 0 saturated carbocycles.